The summed E-state index contributed by atoms with van der Waals surface area (Å²) in [6.45, 7) is 7.71. The van der Waals surface area contributed by atoms with Crippen molar-refractivity contribution in [3.8, 4) is 0 Å². The number of ether oxygens (including phenoxy) is 1. The zero-order valence-electron chi connectivity index (χ0n) is 15.6. The Bertz CT molecular complexity index is 470. The van der Waals surface area contributed by atoms with Crippen LogP contribution in [0.5, 0.6) is 0 Å². The molecule has 2 heterocycles. The second-order valence-corrected chi connectivity index (χ2v) is 6.57. The first-order valence-electron chi connectivity index (χ1n) is 9.44. The average molecular weight is 351 g/mol. The second kappa shape index (κ2) is 11.1. The van der Waals surface area contributed by atoms with Gasteiger partial charge in [0.15, 0.2) is 5.96 Å². The minimum atomic E-state index is 0.0868. The summed E-state index contributed by atoms with van der Waals surface area (Å²) < 4.78 is 5.34. The third-order valence-corrected chi connectivity index (χ3v) is 4.68. The second-order valence-electron chi connectivity index (χ2n) is 6.57. The summed E-state index contributed by atoms with van der Waals surface area (Å²) in [6.07, 6.45) is 6.28. The van der Waals surface area contributed by atoms with E-state index in [9.17, 15) is 4.79 Å². The quantitative estimate of drug-likeness (QED) is 0.353. The molecule has 142 valence electrons. The molecule has 0 aliphatic carbocycles. The topological polar surface area (TPSA) is 78.0 Å². The maximum absolute atomic E-state index is 11.5. The summed E-state index contributed by atoms with van der Waals surface area (Å²) in [7, 11) is 1.69. The molecule has 0 aromatic heterocycles. The van der Waals surface area contributed by atoms with E-state index in [1.54, 1.807) is 7.05 Å². The van der Waals surface area contributed by atoms with E-state index < -0.39 is 0 Å². The summed E-state index contributed by atoms with van der Waals surface area (Å²) in [5.41, 5.74) is 1.45. The number of amides is 1. The minimum Gasteiger partial charge on any atom is -0.377 e. The van der Waals surface area contributed by atoms with Crippen LogP contribution in [0.4, 0.5) is 0 Å². The Labute approximate surface area is 151 Å². The van der Waals surface area contributed by atoms with Gasteiger partial charge in [0.1, 0.15) is 0 Å². The number of likely N-dealkylation sites (tertiary alicyclic amines) is 1. The van der Waals surface area contributed by atoms with Crippen LogP contribution in [0.25, 0.3) is 0 Å². The molecule has 0 radical (unpaired) electrons. The molecule has 2 aliphatic heterocycles. The first-order valence-corrected chi connectivity index (χ1v) is 9.44. The Morgan fingerprint density at radius 3 is 2.84 bits per heavy atom. The fraction of sp³-hybridized carbons (Fsp3) is 0.778. The number of aliphatic imine (C=N–C) groups is 1. The average Bonchev–Trinajstić information content (AvgIpc) is 2.64. The molecular formula is C18H33N5O2. The van der Waals surface area contributed by atoms with Crippen LogP contribution in [0.3, 0.4) is 0 Å². The number of nitrogens with one attached hydrogen (secondary N) is 3. The van der Waals surface area contributed by atoms with Crippen LogP contribution in [0.15, 0.2) is 16.6 Å². The monoisotopic (exact) mass is 351 g/mol. The normalized spacial score (nSPS) is 20.1. The molecule has 3 N–H and O–H groups in total. The van der Waals surface area contributed by atoms with E-state index in [2.05, 4.69) is 33.9 Å². The van der Waals surface area contributed by atoms with E-state index in [1.807, 2.05) is 0 Å². The molecule has 0 aromatic carbocycles. The lowest BCUT2D eigenvalue weighted by atomic mass is 10.1. The first-order chi connectivity index (χ1) is 12.2. The van der Waals surface area contributed by atoms with Gasteiger partial charge in [0, 0.05) is 39.3 Å². The summed E-state index contributed by atoms with van der Waals surface area (Å²) in [5, 5.41) is 9.57. The lowest BCUT2D eigenvalue weighted by molar-refractivity contribution is -0.122. The van der Waals surface area contributed by atoms with Crippen molar-refractivity contribution < 1.29 is 9.53 Å². The van der Waals surface area contributed by atoms with E-state index >= 15 is 0 Å². The molecule has 2 aliphatic rings. The maximum Gasteiger partial charge on any atom is 0.233 e. The van der Waals surface area contributed by atoms with E-state index in [1.165, 1.54) is 5.57 Å². The molecule has 0 bridgehead atoms. The van der Waals surface area contributed by atoms with Crippen LogP contribution in [-0.2, 0) is 9.53 Å². The molecule has 0 aromatic rings. The van der Waals surface area contributed by atoms with Crippen LogP contribution < -0.4 is 16.0 Å². The molecule has 0 atom stereocenters. The third kappa shape index (κ3) is 7.44. The molecule has 1 amide bonds. The van der Waals surface area contributed by atoms with E-state index in [-0.39, 0.29) is 5.91 Å². The van der Waals surface area contributed by atoms with Gasteiger partial charge >= 0.3 is 0 Å². The number of hydrogen-bond acceptors (Lipinski definition) is 4. The van der Waals surface area contributed by atoms with E-state index in [0.717, 1.165) is 71.0 Å². The first kappa shape index (κ1) is 19.7. The minimum absolute atomic E-state index is 0.0868. The molecule has 7 heteroatoms. The lowest BCUT2D eigenvalue weighted by Crippen LogP contribution is -2.50. The van der Waals surface area contributed by atoms with Crippen LogP contribution >= 0.6 is 0 Å². The molecule has 1 saturated heterocycles. The van der Waals surface area contributed by atoms with Gasteiger partial charge in [-0.1, -0.05) is 11.6 Å². The standard InChI is InChI=1S/C18H33N5O2/c1-3-20-18(21-9-4-15-7-12-25-13-8-15)22-16-5-10-23(11-6-16)14-17(24)19-2/h7,16H,3-6,8-14H2,1-2H3,(H,19,24)(H2,20,21,22). The SMILES string of the molecule is CCNC(=NCCC1=CCOCC1)NC1CCN(CC(=O)NC)CC1. The van der Waals surface area contributed by atoms with Gasteiger partial charge in [-0.3, -0.25) is 14.7 Å². The fourth-order valence-corrected chi connectivity index (χ4v) is 3.13. The van der Waals surface area contributed by atoms with Crippen molar-refractivity contribution >= 4 is 11.9 Å². The van der Waals surface area contributed by atoms with E-state index in [4.69, 9.17) is 9.73 Å². The van der Waals surface area contributed by atoms with Crippen molar-refractivity contribution in [1.82, 2.24) is 20.9 Å². The number of likely N-dealkylation sites (N-methyl/N-ethyl adjacent to an activating group) is 1. The number of rotatable bonds is 7. The predicted molar refractivity (Wildman–Crippen MR) is 101 cm³/mol. The third-order valence-electron chi connectivity index (χ3n) is 4.68. The molecule has 0 spiro atoms. The van der Waals surface area contributed by atoms with Gasteiger partial charge in [0.25, 0.3) is 0 Å². The van der Waals surface area contributed by atoms with Crippen molar-refractivity contribution in [2.24, 2.45) is 4.99 Å². The summed E-state index contributed by atoms with van der Waals surface area (Å²) in [6, 6.07) is 0.418. The Kier molecular flexibility index (Phi) is 8.76. The Hall–Kier alpha value is -1.60. The zero-order valence-corrected chi connectivity index (χ0v) is 15.6. The Morgan fingerprint density at radius 2 is 2.20 bits per heavy atom. The molecule has 7 nitrogen and oxygen atoms in total. The largest absolute Gasteiger partial charge is 0.377 e. The van der Waals surface area contributed by atoms with Gasteiger partial charge in [0.2, 0.25) is 5.91 Å². The number of nitrogens with zero attached hydrogens (tertiary/aromatic N) is 2. The van der Waals surface area contributed by atoms with Gasteiger partial charge in [-0.2, -0.15) is 0 Å². The summed E-state index contributed by atoms with van der Waals surface area (Å²) in [5.74, 6) is 0.989. The van der Waals surface area contributed by atoms with Crippen molar-refractivity contribution in [3.63, 3.8) is 0 Å². The number of hydrogen-bond donors (Lipinski definition) is 3. The maximum atomic E-state index is 11.5. The zero-order chi connectivity index (χ0) is 17.9. The molecule has 0 unspecified atom stereocenters. The lowest BCUT2D eigenvalue weighted by Gasteiger charge is -2.32. The van der Waals surface area contributed by atoms with Gasteiger partial charge < -0.3 is 20.7 Å². The van der Waals surface area contributed by atoms with Gasteiger partial charge in [-0.25, -0.2) is 0 Å². The van der Waals surface area contributed by atoms with Crippen molar-refractivity contribution in [2.75, 3.05) is 53.0 Å². The Balaban J connectivity index is 1.74. The van der Waals surface area contributed by atoms with Gasteiger partial charge in [-0.15, -0.1) is 0 Å². The van der Waals surface area contributed by atoms with E-state index in [0.29, 0.717) is 12.6 Å². The predicted octanol–water partition coefficient (Wildman–Crippen LogP) is 0.489. The molecule has 1 fully saturated rings. The van der Waals surface area contributed by atoms with Crippen molar-refractivity contribution in [1.29, 1.82) is 0 Å². The highest BCUT2D eigenvalue weighted by Gasteiger charge is 2.21. The number of piperidine rings is 1. The molecule has 2 rings (SSSR count). The highest BCUT2D eigenvalue weighted by Crippen LogP contribution is 2.12. The van der Waals surface area contributed by atoms with Crippen LogP contribution in [0.1, 0.15) is 32.6 Å². The highest BCUT2D eigenvalue weighted by atomic mass is 16.5. The van der Waals surface area contributed by atoms with Crippen LogP contribution in [-0.4, -0.2) is 75.8 Å². The molecule has 0 saturated carbocycles. The number of carbonyl (C=O) groups excluding carboxylic acids is 1. The molecule has 25 heavy (non-hydrogen) atoms. The summed E-state index contributed by atoms with van der Waals surface area (Å²) in [4.78, 5) is 18.4. The smallest absolute Gasteiger partial charge is 0.233 e. The fourth-order valence-electron chi connectivity index (χ4n) is 3.13. The van der Waals surface area contributed by atoms with Crippen molar-refractivity contribution in [3.05, 3.63) is 11.6 Å². The van der Waals surface area contributed by atoms with Gasteiger partial charge in [0.05, 0.1) is 19.8 Å². The highest BCUT2D eigenvalue weighted by molar-refractivity contribution is 5.80. The molecular weight excluding hydrogens is 318 g/mol. The van der Waals surface area contributed by atoms with Crippen LogP contribution in [0.2, 0.25) is 0 Å². The summed E-state index contributed by atoms with van der Waals surface area (Å²) >= 11 is 0. The van der Waals surface area contributed by atoms with Crippen molar-refractivity contribution in [2.45, 2.75) is 38.6 Å². The van der Waals surface area contributed by atoms with Crippen LogP contribution in [0, 0.1) is 0 Å². The number of guanidine groups is 1. The Morgan fingerprint density at radius 1 is 1.40 bits per heavy atom. The van der Waals surface area contributed by atoms with Gasteiger partial charge in [-0.05, 0) is 32.6 Å². The number of carbonyl (C=O) groups is 1.